The number of carbonyl (C=O) groups is 1. The Kier molecular flexibility index (Phi) is 6.94. The molecule has 0 fully saturated rings. The average molecular weight is 260 g/mol. The van der Waals surface area contributed by atoms with E-state index in [1.807, 2.05) is 26.0 Å². The van der Waals surface area contributed by atoms with Gasteiger partial charge < -0.3 is 4.74 Å². The van der Waals surface area contributed by atoms with E-state index in [1.165, 1.54) is 5.56 Å². The first-order valence-electron chi connectivity index (χ1n) is 7.07. The second-order valence-electron chi connectivity index (χ2n) is 4.70. The van der Waals surface area contributed by atoms with Crippen molar-refractivity contribution in [2.75, 3.05) is 6.61 Å². The molecular formula is C17H24O2. The van der Waals surface area contributed by atoms with Crippen molar-refractivity contribution in [3.8, 4) is 0 Å². The molecule has 0 spiro atoms. The van der Waals surface area contributed by atoms with Crippen molar-refractivity contribution in [3.05, 3.63) is 47.5 Å². The van der Waals surface area contributed by atoms with Crippen LogP contribution in [0.5, 0.6) is 0 Å². The van der Waals surface area contributed by atoms with Gasteiger partial charge in [0.1, 0.15) is 0 Å². The molecule has 0 aromatic heterocycles. The quantitative estimate of drug-likeness (QED) is 0.534. The molecule has 1 atom stereocenters. The van der Waals surface area contributed by atoms with Gasteiger partial charge in [-0.1, -0.05) is 43.3 Å². The van der Waals surface area contributed by atoms with Gasteiger partial charge in [0.05, 0.1) is 6.61 Å². The summed E-state index contributed by atoms with van der Waals surface area (Å²) < 4.78 is 4.96. The molecule has 0 heterocycles. The molecular weight excluding hydrogens is 236 g/mol. The van der Waals surface area contributed by atoms with Crippen molar-refractivity contribution in [1.82, 2.24) is 0 Å². The van der Waals surface area contributed by atoms with Crippen LogP contribution in [0.1, 0.15) is 51.5 Å². The van der Waals surface area contributed by atoms with E-state index in [1.54, 1.807) is 0 Å². The molecule has 1 aromatic carbocycles. The van der Waals surface area contributed by atoms with Crippen molar-refractivity contribution in [2.24, 2.45) is 0 Å². The third-order valence-electron chi connectivity index (χ3n) is 3.33. The van der Waals surface area contributed by atoms with Crippen LogP contribution in [0.3, 0.4) is 0 Å². The SMILES string of the molecule is CCOC(=O)/C(C)=C/CCC(CC)c1ccccc1. The van der Waals surface area contributed by atoms with Gasteiger partial charge in [-0.3, -0.25) is 0 Å². The summed E-state index contributed by atoms with van der Waals surface area (Å²) in [6.07, 6.45) is 5.09. The third kappa shape index (κ3) is 5.29. The number of hydrogen-bond acceptors (Lipinski definition) is 2. The zero-order valence-corrected chi connectivity index (χ0v) is 12.2. The first-order valence-corrected chi connectivity index (χ1v) is 7.07. The number of esters is 1. The van der Waals surface area contributed by atoms with Gasteiger partial charge in [0.25, 0.3) is 0 Å². The predicted octanol–water partition coefficient (Wildman–Crippen LogP) is 4.47. The Morgan fingerprint density at radius 3 is 2.53 bits per heavy atom. The van der Waals surface area contributed by atoms with Crippen molar-refractivity contribution in [2.45, 2.75) is 46.0 Å². The maximum Gasteiger partial charge on any atom is 0.333 e. The van der Waals surface area contributed by atoms with Gasteiger partial charge in [0.15, 0.2) is 0 Å². The molecule has 0 aliphatic heterocycles. The van der Waals surface area contributed by atoms with Crippen LogP contribution in [0.4, 0.5) is 0 Å². The van der Waals surface area contributed by atoms with Gasteiger partial charge in [-0.15, -0.1) is 0 Å². The molecule has 0 amide bonds. The Hall–Kier alpha value is -1.57. The van der Waals surface area contributed by atoms with Gasteiger partial charge in [-0.05, 0) is 44.6 Å². The van der Waals surface area contributed by atoms with E-state index in [-0.39, 0.29) is 5.97 Å². The van der Waals surface area contributed by atoms with Crippen LogP contribution in [0.2, 0.25) is 0 Å². The van der Waals surface area contributed by atoms with E-state index in [2.05, 4.69) is 31.2 Å². The Labute approximate surface area is 116 Å². The molecule has 0 aliphatic carbocycles. The second-order valence-corrected chi connectivity index (χ2v) is 4.70. The summed E-state index contributed by atoms with van der Waals surface area (Å²) >= 11 is 0. The van der Waals surface area contributed by atoms with Crippen molar-refractivity contribution >= 4 is 5.97 Å². The molecule has 1 unspecified atom stereocenters. The fraction of sp³-hybridized carbons (Fsp3) is 0.471. The Morgan fingerprint density at radius 1 is 1.26 bits per heavy atom. The van der Waals surface area contributed by atoms with Crippen LogP contribution in [0, 0.1) is 0 Å². The summed E-state index contributed by atoms with van der Waals surface area (Å²) in [6, 6.07) is 10.6. The average Bonchev–Trinajstić information content (AvgIpc) is 2.44. The van der Waals surface area contributed by atoms with E-state index in [0.29, 0.717) is 18.1 Å². The molecule has 0 saturated carbocycles. The number of rotatable bonds is 7. The van der Waals surface area contributed by atoms with Crippen LogP contribution in [0.25, 0.3) is 0 Å². The first-order chi connectivity index (χ1) is 9.19. The topological polar surface area (TPSA) is 26.3 Å². The first kappa shape index (κ1) is 15.5. The lowest BCUT2D eigenvalue weighted by Crippen LogP contribution is -2.05. The van der Waals surface area contributed by atoms with Gasteiger partial charge >= 0.3 is 5.97 Å². The monoisotopic (exact) mass is 260 g/mol. The fourth-order valence-electron chi connectivity index (χ4n) is 2.16. The number of hydrogen-bond donors (Lipinski definition) is 0. The maximum absolute atomic E-state index is 11.5. The van der Waals surface area contributed by atoms with Crippen LogP contribution in [-0.2, 0) is 9.53 Å². The predicted molar refractivity (Wildman–Crippen MR) is 79.1 cm³/mol. The van der Waals surface area contributed by atoms with E-state index < -0.39 is 0 Å². The summed E-state index contributed by atoms with van der Waals surface area (Å²) in [4.78, 5) is 11.5. The van der Waals surface area contributed by atoms with E-state index in [9.17, 15) is 4.79 Å². The van der Waals surface area contributed by atoms with Gasteiger partial charge in [-0.2, -0.15) is 0 Å². The standard InChI is InChI=1S/C17H24O2/c1-4-15(16-11-7-6-8-12-16)13-9-10-14(3)17(18)19-5-2/h6-8,10-12,15H,4-5,9,13H2,1-3H3/b14-10+. The maximum atomic E-state index is 11.5. The summed E-state index contributed by atoms with van der Waals surface area (Å²) in [6.45, 7) is 6.29. The summed E-state index contributed by atoms with van der Waals surface area (Å²) in [5.74, 6) is 0.364. The normalized spacial score (nSPS) is 13.1. The molecule has 2 heteroatoms. The molecule has 0 bridgehead atoms. The zero-order chi connectivity index (χ0) is 14.1. The Balaban J connectivity index is 2.51. The third-order valence-corrected chi connectivity index (χ3v) is 3.33. The highest BCUT2D eigenvalue weighted by molar-refractivity contribution is 5.87. The highest BCUT2D eigenvalue weighted by atomic mass is 16.5. The number of allylic oxidation sites excluding steroid dienone is 1. The minimum Gasteiger partial charge on any atom is -0.463 e. The van der Waals surface area contributed by atoms with Crippen LogP contribution in [0.15, 0.2) is 42.0 Å². The number of carbonyl (C=O) groups excluding carboxylic acids is 1. The molecule has 0 aliphatic rings. The zero-order valence-electron chi connectivity index (χ0n) is 12.2. The van der Waals surface area contributed by atoms with Crippen molar-refractivity contribution < 1.29 is 9.53 Å². The van der Waals surface area contributed by atoms with Crippen molar-refractivity contribution in [1.29, 1.82) is 0 Å². The van der Waals surface area contributed by atoms with Crippen LogP contribution in [-0.4, -0.2) is 12.6 Å². The van der Waals surface area contributed by atoms with Gasteiger partial charge in [-0.25, -0.2) is 4.79 Å². The van der Waals surface area contributed by atoms with E-state index in [4.69, 9.17) is 4.74 Å². The van der Waals surface area contributed by atoms with Gasteiger partial charge in [0.2, 0.25) is 0 Å². The smallest absolute Gasteiger partial charge is 0.333 e. The summed E-state index contributed by atoms with van der Waals surface area (Å²) in [7, 11) is 0. The Morgan fingerprint density at radius 2 is 1.95 bits per heavy atom. The lowest BCUT2D eigenvalue weighted by atomic mass is 9.91. The van der Waals surface area contributed by atoms with Gasteiger partial charge in [0, 0.05) is 5.57 Å². The molecule has 1 aromatic rings. The molecule has 0 radical (unpaired) electrons. The minimum atomic E-state index is -0.199. The van der Waals surface area contributed by atoms with Crippen LogP contribution >= 0.6 is 0 Å². The highest BCUT2D eigenvalue weighted by Gasteiger charge is 2.09. The van der Waals surface area contributed by atoms with Crippen LogP contribution < -0.4 is 0 Å². The fourth-order valence-corrected chi connectivity index (χ4v) is 2.16. The van der Waals surface area contributed by atoms with E-state index in [0.717, 1.165) is 19.3 Å². The summed E-state index contributed by atoms with van der Waals surface area (Å²) in [5.41, 5.74) is 2.09. The molecule has 0 saturated heterocycles. The number of ether oxygens (including phenoxy) is 1. The molecule has 1 rings (SSSR count). The lowest BCUT2D eigenvalue weighted by Gasteiger charge is -2.14. The Bertz CT molecular complexity index is 407. The highest BCUT2D eigenvalue weighted by Crippen LogP contribution is 2.24. The second kappa shape index (κ2) is 8.52. The van der Waals surface area contributed by atoms with Crippen molar-refractivity contribution in [3.63, 3.8) is 0 Å². The lowest BCUT2D eigenvalue weighted by molar-refractivity contribution is -0.138. The summed E-state index contributed by atoms with van der Waals surface area (Å²) in [5, 5.41) is 0. The molecule has 2 nitrogen and oxygen atoms in total. The van der Waals surface area contributed by atoms with E-state index >= 15 is 0 Å². The molecule has 104 valence electrons. The molecule has 0 N–H and O–H groups in total. The minimum absolute atomic E-state index is 0.199. The number of benzene rings is 1. The molecule has 19 heavy (non-hydrogen) atoms. The largest absolute Gasteiger partial charge is 0.463 e.